The topological polar surface area (TPSA) is 106 Å². The van der Waals surface area contributed by atoms with Gasteiger partial charge in [-0.1, -0.05) is 0 Å². The molecule has 2 aromatic heterocycles. The quantitative estimate of drug-likeness (QED) is 0.639. The number of hydrogen-bond acceptors (Lipinski definition) is 8. The number of rotatable bonds is 2. The molecule has 3 N–H and O–H groups in total. The van der Waals surface area contributed by atoms with E-state index in [2.05, 4.69) is 20.6 Å². The molecular formula is C20H23F3N6O3. The third-order valence-electron chi connectivity index (χ3n) is 6.70. The van der Waals surface area contributed by atoms with Crippen molar-refractivity contribution in [3.05, 3.63) is 17.5 Å². The van der Waals surface area contributed by atoms with Gasteiger partial charge < -0.3 is 25.2 Å². The van der Waals surface area contributed by atoms with Gasteiger partial charge >= 0.3 is 6.18 Å². The maximum atomic E-state index is 13.5. The summed E-state index contributed by atoms with van der Waals surface area (Å²) in [6.07, 6.45) is -1.00. The number of hydrogen-bond donors (Lipinski definition) is 3. The molecule has 3 fully saturated rings. The van der Waals surface area contributed by atoms with Gasteiger partial charge in [0.15, 0.2) is 0 Å². The molecule has 9 nitrogen and oxygen atoms in total. The summed E-state index contributed by atoms with van der Waals surface area (Å²) in [6, 6.07) is -0.581. The number of nitrogens with one attached hydrogen (secondary N) is 2. The van der Waals surface area contributed by atoms with Crippen LogP contribution in [0, 0.1) is 5.92 Å². The highest BCUT2D eigenvalue weighted by Crippen LogP contribution is 2.48. The number of aliphatic hydroxyl groups excluding tert-OH is 1. The predicted molar refractivity (Wildman–Crippen MR) is 106 cm³/mol. The zero-order valence-electron chi connectivity index (χ0n) is 17.1. The molecule has 0 unspecified atom stereocenters. The van der Waals surface area contributed by atoms with Gasteiger partial charge in [-0.05, 0) is 25.7 Å². The monoisotopic (exact) mass is 452 g/mol. The number of alkyl halides is 3. The maximum absolute atomic E-state index is 13.5. The van der Waals surface area contributed by atoms with Crippen LogP contribution in [0.3, 0.4) is 0 Å². The number of halogens is 3. The molecule has 2 aliphatic heterocycles. The Morgan fingerprint density at radius 1 is 1.12 bits per heavy atom. The largest absolute Gasteiger partial charge is 0.476 e. The van der Waals surface area contributed by atoms with E-state index in [0.717, 1.165) is 37.6 Å². The van der Waals surface area contributed by atoms with Gasteiger partial charge in [-0.3, -0.25) is 0 Å². The number of fused-ring (bicyclic) bond motifs is 4. The fraction of sp³-hybridized carbons (Fsp3) is 0.650. The van der Waals surface area contributed by atoms with E-state index in [1.165, 1.54) is 0 Å². The fourth-order valence-corrected chi connectivity index (χ4v) is 4.52. The van der Waals surface area contributed by atoms with E-state index in [1.807, 2.05) is 0 Å². The van der Waals surface area contributed by atoms with Crippen LogP contribution in [0.25, 0.3) is 0 Å². The van der Waals surface area contributed by atoms with E-state index in [4.69, 9.17) is 14.6 Å². The standard InChI is InChI=1S/C20H23F3N6O3/c21-20(22,23)11-5-24-19-26-16-15(9-1-2-9)28-29(13-7-31-8-14(13)30)18(16)32-6-10-3-4-12(10)25-17(11)27-19/h5,9-10,12-14,30H,1-4,6-8H2,(H2,24,25,26,27)/t10-,12+,13+,14+/m0/s1. The van der Waals surface area contributed by atoms with Crippen LogP contribution in [-0.2, 0) is 10.9 Å². The summed E-state index contributed by atoms with van der Waals surface area (Å²) in [4.78, 5) is 8.12. The minimum Gasteiger partial charge on any atom is -0.476 e. The number of nitrogens with zero attached hydrogens (tertiary/aromatic N) is 4. The molecule has 0 aromatic carbocycles. The van der Waals surface area contributed by atoms with Gasteiger partial charge in [0.1, 0.15) is 29.2 Å². The lowest BCUT2D eigenvalue weighted by molar-refractivity contribution is -0.137. The molecule has 4 aliphatic rings. The molecule has 12 heteroatoms. The average Bonchev–Trinajstić information content (AvgIpc) is 3.40. The smallest absolute Gasteiger partial charge is 0.421 e. The van der Waals surface area contributed by atoms with Crippen LogP contribution in [0.1, 0.15) is 48.9 Å². The van der Waals surface area contributed by atoms with E-state index in [0.29, 0.717) is 24.8 Å². The zero-order chi connectivity index (χ0) is 22.0. The van der Waals surface area contributed by atoms with Crippen molar-refractivity contribution in [1.82, 2.24) is 19.7 Å². The fourth-order valence-electron chi connectivity index (χ4n) is 4.52. The molecule has 2 aromatic rings. The number of aromatic nitrogens is 4. The van der Waals surface area contributed by atoms with Gasteiger partial charge in [0.05, 0.1) is 25.5 Å². The van der Waals surface area contributed by atoms with Gasteiger partial charge in [0, 0.05) is 24.1 Å². The van der Waals surface area contributed by atoms with Crippen molar-refractivity contribution in [2.24, 2.45) is 5.92 Å². The first kappa shape index (κ1) is 20.0. The Hall–Kier alpha value is -2.60. The lowest BCUT2D eigenvalue weighted by Gasteiger charge is -2.37. The van der Waals surface area contributed by atoms with Crippen molar-refractivity contribution in [1.29, 1.82) is 0 Å². The summed E-state index contributed by atoms with van der Waals surface area (Å²) >= 11 is 0. The predicted octanol–water partition coefficient (Wildman–Crippen LogP) is 2.83. The molecule has 32 heavy (non-hydrogen) atoms. The molecule has 4 atom stereocenters. The van der Waals surface area contributed by atoms with Gasteiger partial charge in [0.25, 0.3) is 0 Å². The first-order valence-electron chi connectivity index (χ1n) is 10.9. The Labute approximate surface area is 181 Å². The highest BCUT2D eigenvalue weighted by Gasteiger charge is 2.41. The summed E-state index contributed by atoms with van der Waals surface area (Å²) in [5.74, 6) is 0.493. The second-order valence-corrected chi connectivity index (χ2v) is 8.93. The third kappa shape index (κ3) is 3.36. The van der Waals surface area contributed by atoms with Crippen LogP contribution in [0.15, 0.2) is 6.20 Å². The minimum absolute atomic E-state index is 0.0259. The molecule has 4 heterocycles. The van der Waals surface area contributed by atoms with Crippen molar-refractivity contribution in [2.75, 3.05) is 30.5 Å². The first-order valence-corrected chi connectivity index (χ1v) is 10.9. The number of anilines is 3. The van der Waals surface area contributed by atoms with E-state index >= 15 is 0 Å². The number of ether oxygens (including phenoxy) is 2. The van der Waals surface area contributed by atoms with E-state index < -0.39 is 23.9 Å². The zero-order valence-corrected chi connectivity index (χ0v) is 17.1. The van der Waals surface area contributed by atoms with Gasteiger partial charge in [-0.15, -0.1) is 0 Å². The number of aliphatic hydroxyl groups is 1. The van der Waals surface area contributed by atoms with E-state index in [9.17, 15) is 18.3 Å². The summed E-state index contributed by atoms with van der Waals surface area (Å²) < 4.78 is 54.0. The Balaban J connectivity index is 1.46. The van der Waals surface area contributed by atoms with Crippen molar-refractivity contribution in [2.45, 2.75) is 56.0 Å². The van der Waals surface area contributed by atoms with Crippen LogP contribution in [-0.4, -0.2) is 56.8 Å². The highest BCUT2D eigenvalue weighted by molar-refractivity contribution is 5.66. The molecule has 2 bridgehead atoms. The van der Waals surface area contributed by atoms with Crippen LogP contribution in [0.4, 0.5) is 30.6 Å². The molecule has 2 saturated carbocycles. The highest BCUT2D eigenvalue weighted by atomic mass is 19.4. The van der Waals surface area contributed by atoms with Gasteiger partial charge in [-0.25, -0.2) is 9.67 Å². The van der Waals surface area contributed by atoms with Crippen molar-refractivity contribution in [3.8, 4) is 5.88 Å². The van der Waals surface area contributed by atoms with E-state index in [-0.39, 0.29) is 36.3 Å². The van der Waals surface area contributed by atoms with Crippen LogP contribution in [0.5, 0.6) is 5.88 Å². The summed E-state index contributed by atoms with van der Waals surface area (Å²) in [6.45, 7) is 0.833. The molecular weight excluding hydrogens is 429 g/mol. The Bertz CT molecular complexity index is 1040. The molecule has 0 amide bonds. The summed E-state index contributed by atoms with van der Waals surface area (Å²) in [5, 5.41) is 21.2. The van der Waals surface area contributed by atoms with E-state index in [1.54, 1.807) is 4.68 Å². The van der Waals surface area contributed by atoms with Crippen molar-refractivity contribution < 1.29 is 27.8 Å². The molecule has 1 saturated heterocycles. The SMILES string of the molecule is O[C@@H]1COC[C@H]1n1nc(C2CC2)c2c1OC[C@@H]1CC[C@H]1Nc1nc(ncc1C(F)(F)F)N2. The second-order valence-electron chi connectivity index (χ2n) is 8.93. The molecule has 2 aliphatic carbocycles. The Kier molecular flexibility index (Phi) is 4.51. The summed E-state index contributed by atoms with van der Waals surface area (Å²) in [5.41, 5.74) is 0.412. The normalized spacial score (nSPS) is 29.5. The molecule has 0 spiro atoms. The van der Waals surface area contributed by atoms with Gasteiger partial charge in [0.2, 0.25) is 11.8 Å². The lowest BCUT2D eigenvalue weighted by Crippen LogP contribution is -2.42. The first-order chi connectivity index (χ1) is 15.4. The Morgan fingerprint density at radius 3 is 2.62 bits per heavy atom. The Morgan fingerprint density at radius 2 is 1.97 bits per heavy atom. The molecule has 0 radical (unpaired) electrons. The second kappa shape index (κ2) is 7.20. The van der Waals surface area contributed by atoms with Crippen LogP contribution in [0.2, 0.25) is 0 Å². The van der Waals surface area contributed by atoms with Crippen molar-refractivity contribution in [3.63, 3.8) is 0 Å². The molecule has 6 rings (SSSR count). The lowest BCUT2D eigenvalue weighted by atomic mass is 9.80. The average molecular weight is 452 g/mol. The minimum atomic E-state index is -4.56. The maximum Gasteiger partial charge on any atom is 0.421 e. The van der Waals surface area contributed by atoms with Crippen LogP contribution < -0.4 is 15.4 Å². The van der Waals surface area contributed by atoms with Crippen molar-refractivity contribution >= 4 is 17.5 Å². The van der Waals surface area contributed by atoms with Gasteiger partial charge in [-0.2, -0.15) is 23.3 Å². The van der Waals surface area contributed by atoms with Crippen LogP contribution >= 0.6 is 0 Å². The molecule has 172 valence electrons. The third-order valence-corrected chi connectivity index (χ3v) is 6.70. The summed E-state index contributed by atoms with van der Waals surface area (Å²) in [7, 11) is 0.